The molecule has 3 rings (SSSR count). The van der Waals surface area contributed by atoms with E-state index in [0.717, 1.165) is 0 Å². The number of hydrogen-bond donors (Lipinski definition) is 0. The number of rotatable bonds is 8. The van der Waals surface area contributed by atoms with Crippen molar-refractivity contribution in [3.05, 3.63) is 24.3 Å². The van der Waals surface area contributed by atoms with Crippen molar-refractivity contribution < 1.29 is 22.3 Å². The predicted octanol–water partition coefficient (Wildman–Crippen LogP) is 1.89. The van der Waals surface area contributed by atoms with Gasteiger partial charge in [0.15, 0.2) is 0 Å². The van der Waals surface area contributed by atoms with Crippen molar-refractivity contribution in [3.63, 3.8) is 0 Å². The van der Waals surface area contributed by atoms with Gasteiger partial charge >= 0.3 is 0 Å². The zero-order chi connectivity index (χ0) is 18.4. The second-order valence-electron chi connectivity index (χ2n) is 5.46. The summed E-state index contributed by atoms with van der Waals surface area (Å²) in [7, 11) is -3.56. The number of benzene rings is 1. The summed E-state index contributed by atoms with van der Waals surface area (Å²) in [5, 5.41) is 8.43. The lowest BCUT2D eigenvalue weighted by molar-refractivity contribution is 0.0730. The SMILES string of the molecule is CCOCCSc1nnc(-c2cccc(S(=O)(=O)N3CCOCC3)c2)o1. The topological polar surface area (TPSA) is 94.8 Å². The quantitative estimate of drug-likeness (QED) is 0.491. The Hall–Kier alpha value is -1.46. The van der Waals surface area contributed by atoms with Crippen LogP contribution in [0.15, 0.2) is 38.8 Å². The van der Waals surface area contributed by atoms with Crippen LogP contribution >= 0.6 is 11.8 Å². The maximum atomic E-state index is 12.8. The Kier molecular flexibility index (Phi) is 6.65. The minimum Gasteiger partial charge on any atom is -0.411 e. The van der Waals surface area contributed by atoms with Crippen LogP contribution in [0.2, 0.25) is 0 Å². The van der Waals surface area contributed by atoms with Gasteiger partial charge < -0.3 is 13.9 Å². The molecular weight excluding hydrogens is 378 g/mol. The number of aromatic nitrogens is 2. The maximum Gasteiger partial charge on any atom is 0.276 e. The standard InChI is InChI=1S/C16H21N3O5S2/c1-2-22-10-11-25-16-18-17-15(24-16)13-4-3-5-14(12-13)26(20,21)19-6-8-23-9-7-19/h3-5,12H,2,6-11H2,1H3. The van der Waals surface area contributed by atoms with Crippen molar-refractivity contribution in [2.24, 2.45) is 0 Å². The molecule has 0 amide bonds. The zero-order valence-corrected chi connectivity index (χ0v) is 16.1. The monoisotopic (exact) mass is 399 g/mol. The Morgan fingerprint density at radius 3 is 2.85 bits per heavy atom. The Morgan fingerprint density at radius 2 is 2.08 bits per heavy atom. The van der Waals surface area contributed by atoms with Crippen LogP contribution in [-0.4, -0.2) is 68.2 Å². The summed E-state index contributed by atoms with van der Waals surface area (Å²) in [6.45, 7) is 4.73. The van der Waals surface area contributed by atoms with Crippen LogP contribution in [0.5, 0.6) is 0 Å². The molecule has 0 atom stereocenters. The third-order valence-corrected chi connectivity index (χ3v) is 6.43. The smallest absolute Gasteiger partial charge is 0.276 e. The largest absolute Gasteiger partial charge is 0.411 e. The fourth-order valence-electron chi connectivity index (χ4n) is 2.44. The van der Waals surface area contributed by atoms with Crippen LogP contribution in [-0.2, 0) is 19.5 Å². The van der Waals surface area contributed by atoms with Crippen molar-refractivity contribution in [1.82, 2.24) is 14.5 Å². The molecule has 0 saturated carbocycles. The highest BCUT2D eigenvalue weighted by Crippen LogP contribution is 2.26. The van der Waals surface area contributed by atoms with Crippen LogP contribution in [0.1, 0.15) is 6.92 Å². The van der Waals surface area contributed by atoms with Gasteiger partial charge in [0.05, 0.1) is 24.7 Å². The Labute approximate surface area is 156 Å². The van der Waals surface area contributed by atoms with Crippen molar-refractivity contribution in [2.75, 3.05) is 45.3 Å². The van der Waals surface area contributed by atoms with Crippen LogP contribution in [0.3, 0.4) is 0 Å². The van der Waals surface area contributed by atoms with Gasteiger partial charge in [-0.25, -0.2) is 8.42 Å². The lowest BCUT2D eigenvalue weighted by Crippen LogP contribution is -2.40. The van der Waals surface area contributed by atoms with Gasteiger partial charge in [0.2, 0.25) is 15.9 Å². The number of ether oxygens (including phenoxy) is 2. The van der Waals surface area contributed by atoms with Crippen molar-refractivity contribution in [3.8, 4) is 11.5 Å². The lowest BCUT2D eigenvalue weighted by atomic mass is 10.2. The van der Waals surface area contributed by atoms with Gasteiger partial charge in [0, 0.05) is 31.0 Å². The van der Waals surface area contributed by atoms with Gasteiger partial charge in [-0.05, 0) is 25.1 Å². The normalized spacial score (nSPS) is 16.0. The molecule has 1 aromatic carbocycles. The molecule has 26 heavy (non-hydrogen) atoms. The number of nitrogens with zero attached hydrogens (tertiary/aromatic N) is 3. The van der Waals surface area contributed by atoms with Gasteiger partial charge in [-0.3, -0.25) is 0 Å². The van der Waals surface area contributed by atoms with Crippen molar-refractivity contribution in [1.29, 1.82) is 0 Å². The van der Waals surface area contributed by atoms with Gasteiger partial charge in [0.1, 0.15) is 0 Å². The lowest BCUT2D eigenvalue weighted by Gasteiger charge is -2.26. The highest BCUT2D eigenvalue weighted by molar-refractivity contribution is 7.99. The molecule has 8 nitrogen and oxygen atoms in total. The Morgan fingerprint density at radius 1 is 1.27 bits per heavy atom. The Bertz CT molecular complexity index is 819. The second-order valence-corrected chi connectivity index (χ2v) is 8.45. The first-order valence-electron chi connectivity index (χ1n) is 8.33. The summed E-state index contributed by atoms with van der Waals surface area (Å²) < 4.78 is 43.1. The molecule has 0 bridgehead atoms. The molecule has 2 aromatic rings. The average molecular weight is 399 g/mol. The molecule has 0 radical (unpaired) electrons. The van der Waals surface area contributed by atoms with Gasteiger partial charge in [-0.2, -0.15) is 4.31 Å². The van der Waals surface area contributed by atoms with E-state index in [9.17, 15) is 8.42 Å². The first-order chi connectivity index (χ1) is 12.6. The van der Waals surface area contributed by atoms with Gasteiger partial charge in [-0.15, -0.1) is 10.2 Å². The third kappa shape index (κ3) is 4.63. The van der Waals surface area contributed by atoms with Crippen LogP contribution in [0, 0.1) is 0 Å². The van der Waals surface area contributed by atoms with E-state index in [1.807, 2.05) is 6.92 Å². The summed E-state index contributed by atoms with van der Waals surface area (Å²) >= 11 is 1.40. The molecule has 1 aliphatic rings. The molecule has 1 fully saturated rings. The summed E-state index contributed by atoms with van der Waals surface area (Å²) in [6, 6.07) is 6.56. The molecule has 0 aliphatic carbocycles. The minimum atomic E-state index is -3.56. The van der Waals surface area contributed by atoms with E-state index < -0.39 is 10.0 Å². The molecular formula is C16H21N3O5S2. The number of hydrogen-bond acceptors (Lipinski definition) is 8. The maximum absolute atomic E-state index is 12.8. The van der Waals surface area contributed by atoms with Gasteiger partial charge in [-0.1, -0.05) is 17.8 Å². The van der Waals surface area contributed by atoms with E-state index in [0.29, 0.717) is 61.9 Å². The number of thioether (sulfide) groups is 1. The second kappa shape index (κ2) is 8.96. The fraction of sp³-hybridized carbons (Fsp3) is 0.500. The molecule has 0 N–H and O–H groups in total. The number of morpholine rings is 1. The molecule has 0 unspecified atom stereocenters. The van der Waals surface area contributed by atoms with Crippen LogP contribution in [0.4, 0.5) is 0 Å². The van der Waals surface area contributed by atoms with E-state index in [2.05, 4.69) is 10.2 Å². The third-order valence-electron chi connectivity index (χ3n) is 3.75. The molecule has 2 heterocycles. The molecule has 1 aliphatic heterocycles. The van der Waals surface area contributed by atoms with E-state index in [-0.39, 0.29) is 4.90 Å². The fourth-order valence-corrected chi connectivity index (χ4v) is 4.51. The predicted molar refractivity (Wildman–Crippen MR) is 96.5 cm³/mol. The van der Waals surface area contributed by atoms with E-state index in [1.54, 1.807) is 24.3 Å². The Balaban J connectivity index is 1.74. The molecule has 1 saturated heterocycles. The average Bonchev–Trinajstić information content (AvgIpc) is 3.15. The van der Waals surface area contributed by atoms with Crippen molar-refractivity contribution >= 4 is 21.8 Å². The summed E-state index contributed by atoms with van der Waals surface area (Å²) in [4.78, 5) is 0.209. The molecule has 0 spiro atoms. The highest BCUT2D eigenvalue weighted by atomic mass is 32.2. The minimum absolute atomic E-state index is 0.209. The van der Waals surface area contributed by atoms with E-state index >= 15 is 0 Å². The zero-order valence-electron chi connectivity index (χ0n) is 14.5. The van der Waals surface area contributed by atoms with Crippen LogP contribution < -0.4 is 0 Å². The first-order valence-corrected chi connectivity index (χ1v) is 10.8. The summed E-state index contributed by atoms with van der Waals surface area (Å²) in [5.74, 6) is 1.00. The molecule has 142 valence electrons. The van der Waals surface area contributed by atoms with E-state index in [1.165, 1.54) is 16.1 Å². The summed E-state index contributed by atoms with van der Waals surface area (Å²) in [6.07, 6.45) is 0. The molecule has 1 aromatic heterocycles. The molecule has 10 heteroatoms. The van der Waals surface area contributed by atoms with Crippen LogP contribution in [0.25, 0.3) is 11.5 Å². The number of sulfonamides is 1. The highest BCUT2D eigenvalue weighted by Gasteiger charge is 2.26. The van der Waals surface area contributed by atoms with Crippen molar-refractivity contribution in [2.45, 2.75) is 17.0 Å². The summed E-state index contributed by atoms with van der Waals surface area (Å²) in [5.41, 5.74) is 0.573. The van der Waals surface area contributed by atoms with Gasteiger partial charge in [0.25, 0.3) is 5.22 Å². The van der Waals surface area contributed by atoms with E-state index in [4.69, 9.17) is 13.9 Å². The first kappa shape index (κ1) is 19.3.